The van der Waals surface area contributed by atoms with Crippen molar-refractivity contribution in [3.8, 4) is 0 Å². The fraction of sp³-hybridized carbons (Fsp3) is 0.333. The van der Waals surface area contributed by atoms with Crippen LogP contribution in [0.15, 0.2) is 51.5 Å². The van der Waals surface area contributed by atoms with Gasteiger partial charge in [-0.25, -0.2) is 0 Å². The average Bonchev–Trinajstić information content (AvgIpc) is 3.13. The molecule has 0 unspecified atom stereocenters. The van der Waals surface area contributed by atoms with E-state index in [-0.39, 0.29) is 0 Å². The molecule has 3 nitrogen and oxygen atoms in total. The van der Waals surface area contributed by atoms with Crippen LogP contribution in [0.3, 0.4) is 0 Å². The van der Waals surface area contributed by atoms with E-state index in [1.807, 2.05) is 24.3 Å². The zero-order chi connectivity index (χ0) is 14.5. The van der Waals surface area contributed by atoms with Crippen molar-refractivity contribution in [2.24, 2.45) is 0 Å². The molecule has 1 aromatic carbocycles. The van der Waals surface area contributed by atoms with Gasteiger partial charge in [0.25, 0.3) is 0 Å². The molecule has 1 N–H and O–H groups in total. The number of hydrogen-bond donors (Lipinski definition) is 1. The summed E-state index contributed by atoms with van der Waals surface area (Å²) in [5, 5.41) is 4.66. The van der Waals surface area contributed by atoms with Crippen molar-refractivity contribution in [2.75, 3.05) is 0 Å². The molecule has 2 aromatic heterocycles. The van der Waals surface area contributed by atoms with Gasteiger partial charge in [0.2, 0.25) is 0 Å². The third-order valence-corrected chi connectivity index (χ3v) is 3.72. The quantitative estimate of drug-likeness (QED) is 0.685. The molecule has 0 aliphatic heterocycles. The molecule has 21 heavy (non-hydrogen) atoms. The lowest BCUT2D eigenvalue weighted by Crippen LogP contribution is -2.13. The van der Waals surface area contributed by atoms with E-state index in [0.717, 1.165) is 43.0 Å². The molecule has 0 radical (unpaired) electrons. The van der Waals surface area contributed by atoms with Gasteiger partial charge in [-0.05, 0) is 24.6 Å². The second-order valence-corrected chi connectivity index (χ2v) is 5.29. The predicted molar refractivity (Wildman–Crippen MR) is 84.1 cm³/mol. The van der Waals surface area contributed by atoms with Crippen molar-refractivity contribution in [1.82, 2.24) is 5.32 Å². The molecule has 0 atom stereocenters. The number of para-hydroxylation sites is 1. The van der Waals surface area contributed by atoms with E-state index >= 15 is 0 Å². The maximum absolute atomic E-state index is 6.03. The third kappa shape index (κ3) is 3.19. The smallest absolute Gasteiger partial charge is 0.134 e. The van der Waals surface area contributed by atoms with Crippen LogP contribution in [0.5, 0.6) is 0 Å². The number of hydrogen-bond acceptors (Lipinski definition) is 3. The second kappa shape index (κ2) is 6.64. The highest BCUT2D eigenvalue weighted by Crippen LogP contribution is 2.27. The van der Waals surface area contributed by atoms with Crippen molar-refractivity contribution in [1.29, 1.82) is 0 Å². The van der Waals surface area contributed by atoms with Gasteiger partial charge in [-0.15, -0.1) is 0 Å². The van der Waals surface area contributed by atoms with Crippen LogP contribution in [0.1, 0.15) is 36.8 Å². The summed E-state index contributed by atoms with van der Waals surface area (Å²) in [5.41, 5.74) is 2.27. The van der Waals surface area contributed by atoms with Crippen LogP contribution in [0.4, 0.5) is 0 Å². The van der Waals surface area contributed by atoms with Crippen LogP contribution >= 0.6 is 0 Å². The van der Waals surface area contributed by atoms with Gasteiger partial charge in [-0.3, -0.25) is 0 Å². The van der Waals surface area contributed by atoms with Gasteiger partial charge < -0.3 is 14.2 Å². The summed E-state index contributed by atoms with van der Waals surface area (Å²) in [6.45, 7) is 3.74. The van der Waals surface area contributed by atoms with Crippen LogP contribution in [0.2, 0.25) is 0 Å². The zero-order valence-electron chi connectivity index (χ0n) is 12.4. The van der Waals surface area contributed by atoms with Crippen molar-refractivity contribution in [2.45, 2.75) is 39.3 Å². The normalized spacial score (nSPS) is 11.3. The number of nitrogens with one attached hydrogen (secondary N) is 1. The van der Waals surface area contributed by atoms with Crippen molar-refractivity contribution >= 4 is 11.0 Å². The minimum Gasteiger partial charge on any atom is -0.468 e. The molecule has 3 aromatic rings. The minimum atomic E-state index is 0.736. The molecular formula is C18H21NO2. The second-order valence-electron chi connectivity index (χ2n) is 5.29. The topological polar surface area (TPSA) is 38.3 Å². The molecule has 0 bridgehead atoms. The molecule has 0 amide bonds. The first-order valence-corrected chi connectivity index (χ1v) is 7.61. The Bertz CT molecular complexity index is 682. The molecule has 3 heteroatoms. The van der Waals surface area contributed by atoms with Crippen LogP contribution in [0, 0.1) is 0 Å². The van der Waals surface area contributed by atoms with E-state index in [9.17, 15) is 0 Å². The van der Waals surface area contributed by atoms with Crippen molar-refractivity contribution < 1.29 is 8.83 Å². The van der Waals surface area contributed by atoms with E-state index in [4.69, 9.17) is 8.83 Å². The van der Waals surface area contributed by atoms with Gasteiger partial charge in [0, 0.05) is 23.9 Å². The van der Waals surface area contributed by atoms with Crippen LogP contribution < -0.4 is 5.32 Å². The lowest BCUT2D eigenvalue weighted by Gasteiger charge is -2.04. The first-order chi connectivity index (χ1) is 10.4. The predicted octanol–water partition coefficient (Wildman–Crippen LogP) is 4.66. The highest BCUT2D eigenvalue weighted by atomic mass is 16.3. The van der Waals surface area contributed by atoms with Crippen LogP contribution in [-0.2, 0) is 19.5 Å². The molecule has 0 saturated carbocycles. The van der Waals surface area contributed by atoms with Gasteiger partial charge in [0.15, 0.2) is 0 Å². The van der Waals surface area contributed by atoms with Gasteiger partial charge >= 0.3 is 0 Å². The van der Waals surface area contributed by atoms with Gasteiger partial charge in [0.1, 0.15) is 17.1 Å². The summed E-state index contributed by atoms with van der Waals surface area (Å²) in [5.74, 6) is 2.07. The van der Waals surface area contributed by atoms with Gasteiger partial charge in [-0.2, -0.15) is 0 Å². The third-order valence-electron chi connectivity index (χ3n) is 3.72. The van der Waals surface area contributed by atoms with Crippen molar-refractivity contribution in [3.05, 3.63) is 59.7 Å². The summed E-state index contributed by atoms with van der Waals surface area (Å²) < 4.78 is 11.4. The van der Waals surface area contributed by atoms with Crippen molar-refractivity contribution in [3.63, 3.8) is 0 Å². The van der Waals surface area contributed by atoms with E-state index in [1.54, 1.807) is 6.26 Å². The Labute approximate surface area is 124 Å². The Morgan fingerprint density at radius 2 is 1.95 bits per heavy atom. The SMILES string of the molecule is CCCCc1oc2ccccc2c1CNCc1ccco1. The molecule has 3 rings (SSSR count). The monoisotopic (exact) mass is 283 g/mol. The lowest BCUT2D eigenvalue weighted by molar-refractivity contribution is 0.478. The molecular weight excluding hydrogens is 262 g/mol. The van der Waals surface area contributed by atoms with Crippen LogP contribution in [-0.4, -0.2) is 0 Å². The molecule has 0 aliphatic carbocycles. The number of aryl methyl sites for hydroxylation is 1. The van der Waals surface area contributed by atoms with Crippen LogP contribution in [0.25, 0.3) is 11.0 Å². The highest BCUT2D eigenvalue weighted by molar-refractivity contribution is 5.82. The van der Waals surface area contributed by atoms with Gasteiger partial charge in [-0.1, -0.05) is 31.5 Å². The first-order valence-electron chi connectivity index (χ1n) is 7.61. The standard InChI is InChI=1S/C18H21NO2/c1-2-3-9-18-16(13-19-12-14-7-6-11-20-14)15-8-4-5-10-17(15)21-18/h4-8,10-11,19H,2-3,9,12-13H2,1H3. The molecule has 0 fully saturated rings. The van der Waals surface area contributed by atoms with E-state index in [0.29, 0.717) is 0 Å². The fourth-order valence-corrected chi connectivity index (χ4v) is 2.61. The maximum Gasteiger partial charge on any atom is 0.134 e. The van der Waals surface area contributed by atoms with E-state index in [2.05, 4.69) is 24.4 Å². The lowest BCUT2D eigenvalue weighted by atomic mass is 10.1. The number of rotatable bonds is 7. The molecule has 110 valence electrons. The maximum atomic E-state index is 6.03. The average molecular weight is 283 g/mol. The Balaban J connectivity index is 1.77. The first kappa shape index (κ1) is 14.0. The summed E-state index contributed by atoms with van der Waals surface area (Å²) in [7, 11) is 0. The molecule has 0 saturated heterocycles. The Hall–Kier alpha value is -2.00. The minimum absolute atomic E-state index is 0.736. The summed E-state index contributed by atoms with van der Waals surface area (Å²) in [4.78, 5) is 0. The zero-order valence-corrected chi connectivity index (χ0v) is 12.4. The molecule has 2 heterocycles. The van der Waals surface area contributed by atoms with E-state index in [1.165, 1.54) is 17.4 Å². The Morgan fingerprint density at radius 3 is 2.76 bits per heavy atom. The molecule has 0 spiro atoms. The van der Waals surface area contributed by atoms with E-state index < -0.39 is 0 Å². The fourth-order valence-electron chi connectivity index (χ4n) is 2.61. The summed E-state index contributed by atoms with van der Waals surface area (Å²) >= 11 is 0. The largest absolute Gasteiger partial charge is 0.468 e. The molecule has 0 aliphatic rings. The Kier molecular flexibility index (Phi) is 4.41. The number of furan rings is 2. The number of unbranched alkanes of at least 4 members (excludes halogenated alkanes) is 1. The summed E-state index contributed by atoms with van der Waals surface area (Å²) in [6, 6.07) is 12.2. The highest BCUT2D eigenvalue weighted by Gasteiger charge is 2.13. The Morgan fingerprint density at radius 1 is 1.05 bits per heavy atom. The summed E-state index contributed by atoms with van der Waals surface area (Å²) in [6.07, 6.45) is 5.04. The number of fused-ring (bicyclic) bond motifs is 1. The number of benzene rings is 1. The van der Waals surface area contributed by atoms with Gasteiger partial charge in [0.05, 0.1) is 12.8 Å².